The Labute approximate surface area is 132 Å². The van der Waals surface area contributed by atoms with Crippen molar-refractivity contribution in [2.24, 2.45) is 7.05 Å². The Balaban J connectivity index is 1.62. The molecule has 1 N–H and O–H groups in total. The molecule has 8 nitrogen and oxygen atoms in total. The highest BCUT2D eigenvalue weighted by atomic mass is 16.3. The van der Waals surface area contributed by atoms with Gasteiger partial charge in [0.05, 0.1) is 18.2 Å². The molecule has 1 saturated carbocycles. The number of hydrogen-bond donors (Lipinski definition) is 1. The Bertz CT molecular complexity index is 801. The first-order valence-corrected chi connectivity index (χ1v) is 7.45. The molecule has 0 bridgehead atoms. The molecule has 1 aliphatic rings. The highest BCUT2D eigenvalue weighted by Gasteiger charge is 2.34. The predicted molar refractivity (Wildman–Crippen MR) is 80.2 cm³/mol. The van der Waals surface area contributed by atoms with Crippen LogP contribution in [0.5, 0.6) is 0 Å². The molecule has 1 aliphatic carbocycles. The lowest BCUT2D eigenvalue weighted by Crippen LogP contribution is -2.33. The zero-order valence-electron chi connectivity index (χ0n) is 12.6. The van der Waals surface area contributed by atoms with Crippen molar-refractivity contribution in [3.05, 3.63) is 42.0 Å². The van der Waals surface area contributed by atoms with Crippen LogP contribution in [0.25, 0.3) is 11.5 Å². The summed E-state index contributed by atoms with van der Waals surface area (Å²) in [6.45, 7) is 0.558. The van der Waals surface area contributed by atoms with E-state index in [1.807, 2.05) is 24.1 Å². The topological polar surface area (TPSA) is 92.8 Å². The second-order valence-electron chi connectivity index (χ2n) is 5.69. The third-order valence-electron chi connectivity index (χ3n) is 4.10. The van der Waals surface area contributed by atoms with E-state index in [1.165, 1.54) is 0 Å². The Morgan fingerprint density at radius 3 is 2.96 bits per heavy atom. The Kier molecular flexibility index (Phi) is 3.22. The molecule has 1 fully saturated rings. The highest BCUT2D eigenvalue weighted by Crippen LogP contribution is 2.30. The van der Waals surface area contributed by atoms with Crippen molar-refractivity contribution in [1.82, 2.24) is 30.1 Å². The summed E-state index contributed by atoms with van der Waals surface area (Å²) in [5, 5.41) is 13.9. The standard InChI is InChI=1S/C15H16N6O2/c1-20-12(14-16-18-19-17-14)4-5-13(20)15(22)21(11-2-3-11)8-10-6-7-23-9-10/h4-7,9,11H,2-3,8H2,1H3,(H,16,17,18,19). The van der Waals surface area contributed by atoms with Gasteiger partial charge in [-0.3, -0.25) is 4.79 Å². The number of tetrazole rings is 1. The predicted octanol–water partition coefficient (Wildman–Crippen LogP) is 1.60. The summed E-state index contributed by atoms with van der Waals surface area (Å²) in [6, 6.07) is 5.83. The number of H-pyrrole nitrogens is 1. The number of nitrogens with one attached hydrogen (secondary N) is 1. The first-order chi connectivity index (χ1) is 11.2. The summed E-state index contributed by atoms with van der Waals surface area (Å²) in [7, 11) is 1.84. The molecule has 3 aromatic heterocycles. The largest absolute Gasteiger partial charge is 0.472 e. The van der Waals surface area contributed by atoms with Gasteiger partial charge >= 0.3 is 0 Å². The fraction of sp³-hybridized carbons (Fsp3) is 0.333. The molecule has 23 heavy (non-hydrogen) atoms. The van der Waals surface area contributed by atoms with E-state index in [-0.39, 0.29) is 5.91 Å². The van der Waals surface area contributed by atoms with Gasteiger partial charge in [-0.2, -0.15) is 5.21 Å². The molecule has 0 saturated heterocycles. The lowest BCUT2D eigenvalue weighted by atomic mass is 10.2. The molecule has 118 valence electrons. The minimum atomic E-state index is 0.00550. The van der Waals surface area contributed by atoms with Crippen LogP contribution >= 0.6 is 0 Å². The first kappa shape index (κ1) is 13.7. The molecule has 0 spiro atoms. The zero-order valence-corrected chi connectivity index (χ0v) is 12.6. The normalized spacial score (nSPS) is 14.1. The number of aromatic nitrogens is 5. The molecule has 0 atom stereocenters. The molecule has 0 radical (unpaired) electrons. The van der Waals surface area contributed by atoms with E-state index in [2.05, 4.69) is 20.6 Å². The number of hydrogen-bond acceptors (Lipinski definition) is 5. The van der Waals surface area contributed by atoms with Gasteiger partial charge in [0.25, 0.3) is 5.91 Å². The summed E-state index contributed by atoms with van der Waals surface area (Å²) in [5.41, 5.74) is 2.36. The van der Waals surface area contributed by atoms with Crippen LogP contribution in [0.3, 0.4) is 0 Å². The van der Waals surface area contributed by atoms with Crippen LogP contribution in [0.2, 0.25) is 0 Å². The Morgan fingerprint density at radius 1 is 1.43 bits per heavy atom. The minimum absolute atomic E-state index is 0.00550. The highest BCUT2D eigenvalue weighted by molar-refractivity contribution is 5.94. The van der Waals surface area contributed by atoms with E-state index >= 15 is 0 Å². The monoisotopic (exact) mass is 312 g/mol. The summed E-state index contributed by atoms with van der Waals surface area (Å²) in [4.78, 5) is 14.9. The first-order valence-electron chi connectivity index (χ1n) is 7.45. The van der Waals surface area contributed by atoms with Gasteiger partial charge in [0.2, 0.25) is 5.82 Å². The van der Waals surface area contributed by atoms with Crippen LogP contribution in [-0.2, 0) is 13.6 Å². The second-order valence-corrected chi connectivity index (χ2v) is 5.69. The number of carbonyl (C=O) groups excluding carboxylic acids is 1. The number of nitrogens with zero attached hydrogens (tertiary/aromatic N) is 5. The van der Waals surface area contributed by atoms with Crippen LogP contribution in [0.1, 0.15) is 28.9 Å². The Morgan fingerprint density at radius 2 is 2.30 bits per heavy atom. The second kappa shape index (κ2) is 5.38. The van der Waals surface area contributed by atoms with Gasteiger partial charge in [0.1, 0.15) is 5.69 Å². The van der Waals surface area contributed by atoms with Gasteiger partial charge < -0.3 is 13.9 Å². The average molecular weight is 312 g/mol. The lowest BCUT2D eigenvalue weighted by Gasteiger charge is -2.22. The van der Waals surface area contributed by atoms with E-state index < -0.39 is 0 Å². The van der Waals surface area contributed by atoms with Crippen molar-refractivity contribution in [1.29, 1.82) is 0 Å². The molecule has 4 rings (SSSR count). The third kappa shape index (κ3) is 2.52. The third-order valence-corrected chi connectivity index (χ3v) is 4.10. The van der Waals surface area contributed by atoms with E-state index in [0.29, 0.717) is 24.1 Å². The Hall–Kier alpha value is -2.90. The summed E-state index contributed by atoms with van der Waals surface area (Å²) < 4.78 is 6.91. The van der Waals surface area contributed by atoms with Crippen molar-refractivity contribution in [3.63, 3.8) is 0 Å². The van der Waals surface area contributed by atoms with Crippen LogP contribution in [-0.4, -0.2) is 42.0 Å². The fourth-order valence-electron chi connectivity index (χ4n) is 2.70. The van der Waals surface area contributed by atoms with E-state index in [4.69, 9.17) is 4.42 Å². The smallest absolute Gasteiger partial charge is 0.271 e. The van der Waals surface area contributed by atoms with Gasteiger partial charge in [-0.05, 0) is 36.3 Å². The molecule has 1 amide bonds. The van der Waals surface area contributed by atoms with Crippen LogP contribution in [0, 0.1) is 0 Å². The quantitative estimate of drug-likeness (QED) is 0.772. The van der Waals surface area contributed by atoms with Crippen molar-refractivity contribution in [2.45, 2.75) is 25.4 Å². The zero-order chi connectivity index (χ0) is 15.8. The van der Waals surface area contributed by atoms with Crippen molar-refractivity contribution >= 4 is 5.91 Å². The number of aromatic amines is 1. The van der Waals surface area contributed by atoms with Gasteiger partial charge in [0.15, 0.2) is 0 Å². The maximum Gasteiger partial charge on any atom is 0.271 e. The minimum Gasteiger partial charge on any atom is -0.472 e. The van der Waals surface area contributed by atoms with Crippen molar-refractivity contribution in [2.75, 3.05) is 0 Å². The molecular weight excluding hydrogens is 296 g/mol. The lowest BCUT2D eigenvalue weighted by molar-refractivity contribution is 0.0720. The molecule has 0 aliphatic heterocycles. The van der Waals surface area contributed by atoms with E-state index in [0.717, 1.165) is 24.1 Å². The summed E-state index contributed by atoms with van der Waals surface area (Å²) in [6.07, 6.45) is 5.40. The van der Waals surface area contributed by atoms with Crippen molar-refractivity contribution in [3.8, 4) is 11.5 Å². The fourth-order valence-corrected chi connectivity index (χ4v) is 2.70. The molecule has 8 heteroatoms. The molecule has 3 aromatic rings. The summed E-state index contributed by atoms with van der Waals surface area (Å²) >= 11 is 0. The van der Waals surface area contributed by atoms with Gasteiger partial charge in [-0.1, -0.05) is 0 Å². The van der Waals surface area contributed by atoms with Crippen LogP contribution in [0.4, 0.5) is 0 Å². The number of furan rings is 1. The van der Waals surface area contributed by atoms with Gasteiger partial charge in [-0.25, -0.2) is 0 Å². The van der Waals surface area contributed by atoms with Crippen LogP contribution < -0.4 is 0 Å². The van der Waals surface area contributed by atoms with Gasteiger partial charge in [0, 0.05) is 25.2 Å². The number of rotatable bonds is 5. The molecule has 0 unspecified atom stereocenters. The van der Waals surface area contributed by atoms with E-state index in [9.17, 15) is 4.79 Å². The molecular formula is C15H16N6O2. The van der Waals surface area contributed by atoms with Crippen LogP contribution in [0.15, 0.2) is 35.1 Å². The molecule has 3 heterocycles. The van der Waals surface area contributed by atoms with Crippen molar-refractivity contribution < 1.29 is 9.21 Å². The number of carbonyl (C=O) groups is 1. The SMILES string of the molecule is Cn1c(C(=O)N(Cc2ccoc2)C2CC2)ccc1-c1nn[nH]n1. The maximum atomic E-state index is 13.0. The summed E-state index contributed by atoms with van der Waals surface area (Å²) in [5.74, 6) is 0.477. The molecule has 0 aromatic carbocycles. The average Bonchev–Trinajstić information content (AvgIpc) is 2.98. The van der Waals surface area contributed by atoms with E-state index in [1.54, 1.807) is 23.2 Å². The van der Waals surface area contributed by atoms with Gasteiger partial charge in [-0.15, -0.1) is 10.2 Å². The number of amides is 1. The maximum absolute atomic E-state index is 13.0.